The van der Waals surface area contributed by atoms with E-state index in [1.54, 1.807) is 45.0 Å². The molecule has 1 aliphatic rings. The molecule has 3 rings (SSSR count). The molecule has 1 aliphatic heterocycles. The number of anilines is 1. The van der Waals surface area contributed by atoms with Crippen LogP contribution in [-0.2, 0) is 27.3 Å². The largest absolute Gasteiger partial charge is 0.711 e. The summed E-state index contributed by atoms with van der Waals surface area (Å²) in [4.78, 5) is 37.3. The second kappa shape index (κ2) is 11.1. The van der Waals surface area contributed by atoms with Gasteiger partial charge in [-0.2, -0.15) is 9.69 Å². The van der Waals surface area contributed by atoms with Crippen LogP contribution in [0.25, 0.3) is 0 Å². The number of fused-ring (bicyclic) bond motifs is 1. The Labute approximate surface area is 204 Å². The molecule has 0 radical (unpaired) electrons. The summed E-state index contributed by atoms with van der Waals surface area (Å²) in [5, 5.41) is 24.1. The maximum atomic E-state index is 12.7. The molecular formula is C25H31N3O7. The minimum absolute atomic E-state index is 0.165. The lowest BCUT2D eigenvalue weighted by molar-refractivity contribution is -0.591. The van der Waals surface area contributed by atoms with Gasteiger partial charge in [0.2, 0.25) is 5.91 Å². The molecule has 10 heteroatoms. The average Bonchev–Trinajstić information content (AvgIpc) is 2.91. The van der Waals surface area contributed by atoms with E-state index < -0.39 is 23.6 Å². The number of carbonyl (C=O) groups excluding carboxylic acids is 2. The summed E-state index contributed by atoms with van der Waals surface area (Å²) in [6.45, 7) is 6.05. The summed E-state index contributed by atoms with van der Waals surface area (Å²) in [5.41, 5.74) is 1.06. The third kappa shape index (κ3) is 7.33. The Hall–Kier alpha value is -3.82. The first kappa shape index (κ1) is 25.8. The maximum absolute atomic E-state index is 12.7. The number of nitrogens with zero attached hydrogens (tertiary/aromatic N) is 2. The van der Waals surface area contributed by atoms with Gasteiger partial charge in [-0.25, -0.2) is 4.73 Å². The maximum Gasteiger partial charge on any atom is 0.507 e. The lowest BCUT2D eigenvalue weighted by Crippen LogP contribution is -2.44. The van der Waals surface area contributed by atoms with E-state index in [2.05, 4.69) is 5.32 Å². The van der Waals surface area contributed by atoms with E-state index in [4.69, 9.17) is 14.6 Å². The molecule has 0 fully saturated rings. The molecule has 10 nitrogen and oxygen atoms in total. The highest BCUT2D eigenvalue weighted by Gasteiger charge is 2.31. The zero-order valence-electron chi connectivity index (χ0n) is 20.2. The number of hydrogen-bond donors (Lipinski definition) is 2. The highest BCUT2D eigenvalue weighted by Crippen LogP contribution is 2.25. The molecule has 188 valence electrons. The molecule has 2 N–H and O–H groups in total. The van der Waals surface area contributed by atoms with Gasteiger partial charge < -0.3 is 25.1 Å². The Balaban J connectivity index is 1.62. The molecule has 35 heavy (non-hydrogen) atoms. The fourth-order valence-electron chi connectivity index (χ4n) is 3.77. The number of amides is 2. The Morgan fingerprint density at radius 3 is 2.69 bits per heavy atom. The molecule has 1 aromatic heterocycles. The minimum atomic E-state index is -1.01. The van der Waals surface area contributed by atoms with Crippen molar-refractivity contribution >= 4 is 23.8 Å². The summed E-state index contributed by atoms with van der Waals surface area (Å²) >= 11 is 0. The molecule has 0 saturated heterocycles. The standard InChI is InChI=1S/C25H31N3O7/c1-25(2,3)35-24(32)27(21-7-4-5-11-28(21)33)10-6-12-34-20-9-8-17-13-18(15-22(29)30)23(31)26-16-19(17)14-20/h4-5,7-9,11,14,18H,6,10,12-13,15-16H2,1-3H3,(H,26,31)(H,29,30). The van der Waals surface area contributed by atoms with Crippen molar-refractivity contribution in [1.29, 1.82) is 0 Å². The monoisotopic (exact) mass is 485 g/mol. The second-order valence-electron chi connectivity index (χ2n) is 9.37. The highest BCUT2D eigenvalue weighted by molar-refractivity contribution is 5.86. The fourth-order valence-corrected chi connectivity index (χ4v) is 3.77. The number of ether oxygens (including phenoxy) is 2. The third-order valence-corrected chi connectivity index (χ3v) is 5.38. The number of aromatic nitrogens is 1. The van der Waals surface area contributed by atoms with Gasteiger partial charge in [-0.05, 0) is 56.5 Å². The van der Waals surface area contributed by atoms with Gasteiger partial charge >= 0.3 is 12.1 Å². The molecular weight excluding hydrogens is 454 g/mol. The number of benzene rings is 1. The van der Waals surface area contributed by atoms with Gasteiger partial charge in [0.25, 0.3) is 5.82 Å². The van der Waals surface area contributed by atoms with E-state index in [0.717, 1.165) is 11.1 Å². The number of carbonyl (C=O) groups is 3. The summed E-state index contributed by atoms with van der Waals surface area (Å²) in [7, 11) is 0. The molecule has 1 unspecified atom stereocenters. The van der Waals surface area contributed by atoms with E-state index in [1.807, 2.05) is 12.1 Å². The molecule has 0 spiro atoms. The van der Waals surface area contributed by atoms with E-state index in [0.29, 0.717) is 29.9 Å². The van der Waals surface area contributed by atoms with E-state index in [9.17, 15) is 19.6 Å². The van der Waals surface area contributed by atoms with Gasteiger partial charge in [-0.1, -0.05) is 12.1 Å². The van der Waals surface area contributed by atoms with Crippen molar-refractivity contribution in [3.8, 4) is 5.75 Å². The van der Waals surface area contributed by atoms with Crippen LogP contribution in [0.2, 0.25) is 0 Å². The van der Waals surface area contributed by atoms with Crippen molar-refractivity contribution in [3.05, 3.63) is 58.9 Å². The molecule has 2 aromatic rings. The Kier molecular flexibility index (Phi) is 8.16. The summed E-state index contributed by atoms with van der Waals surface area (Å²) in [6.07, 6.45) is 1.26. The van der Waals surface area contributed by atoms with Crippen LogP contribution in [0.5, 0.6) is 5.75 Å². The number of aliphatic carboxylic acids is 1. The van der Waals surface area contributed by atoms with Crippen LogP contribution >= 0.6 is 0 Å². The number of pyridine rings is 1. The number of hydrogen-bond acceptors (Lipinski definition) is 6. The Morgan fingerprint density at radius 2 is 2.00 bits per heavy atom. The first-order valence-electron chi connectivity index (χ1n) is 11.5. The number of nitrogens with one attached hydrogen (secondary N) is 1. The van der Waals surface area contributed by atoms with Crippen LogP contribution in [0.15, 0.2) is 42.6 Å². The average molecular weight is 486 g/mol. The van der Waals surface area contributed by atoms with Crippen LogP contribution < -0.4 is 19.7 Å². The number of rotatable bonds is 8. The Morgan fingerprint density at radius 1 is 1.23 bits per heavy atom. The highest BCUT2D eigenvalue weighted by atomic mass is 16.6. The van der Waals surface area contributed by atoms with E-state index in [1.165, 1.54) is 11.1 Å². The van der Waals surface area contributed by atoms with Crippen molar-refractivity contribution in [2.45, 2.75) is 52.2 Å². The third-order valence-electron chi connectivity index (χ3n) is 5.38. The second-order valence-corrected chi connectivity index (χ2v) is 9.37. The molecule has 0 bridgehead atoms. The lowest BCUT2D eigenvalue weighted by Gasteiger charge is -2.23. The van der Waals surface area contributed by atoms with Gasteiger partial charge in [0.15, 0.2) is 0 Å². The van der Waals surface area contributed by atoms with E-state index >= 15 is 0 Å². The Bertz CT molecular complexity index is 1080. The first-order chi connectivity index (χ1) is 16.5. The predicted octanol–water partition coefficient (Wildman–Crippen LogP) is 2.79. The predicted molar refractivity (Wildman–Crippen MR) is 127 cm³/mol. The van der Waals surface area contributed by atoms with Gasteiger partial charge in [-0.15, -0.1) is 0 Å². The first-order valence-corrected chi connectivity index (χ1v) is 11.5. The van der Waals surface area contributed by atoms with Crippen LogP contribution in [0.3, 0.4) is 0 Å². The van der Waals surface area contributed by atoms with E-state index in [-0.39, 0.29) is 31.3 Å². The smallest absolute Gasteiger partial charge is 0.507 e. The van der Waals surface area contributed by atoms with Crippen molar-refractivity contribution < 1.29 is 33.7 Å². The van der Waals surface area contributed by atoms with Crippen molar-refractivity contribution in [2.75, 3.05) is 18.1 Å². The van der Waals surface area contributed by atoms with Crippen LogP contribution in [0.1, 0.15) is 44.7 Å². The molecule has 2 heterocycles. The molecule has 1 atom stereocenters. The normalized spacial score (nSPS) is 15.4. The van der Waals surface area contributed by atoms with Gasteiger partial charge in [0, 0.05) is 19.0 Å². The number of carboxylic acid groups (broad SMARTS) is 1. The molecule has 0 aliphatic carbocycles. The summed E-state index contributed by atoms with van der Waals surface area (Å²) < 4.78 is 11.9. The topological polar surface area (TPSA) is 132 Å². The van der Waals surface area contributed by atoms with Gasteiger partial charge in [0.1, 0.15) is 17.9 Å². The number of carboxylic acids is 1. The quantitative estimate of drug-likeness (QED) is 0.334. The SMILES string of the molecule is CC(C)(C)OC(=O)N(CCCOc1ccc2c(c1)CNC(=O)C(CC(=O)O)C2)c1cccc[n+]1[O-]. The zero-order valence-corrected chi connectivity index (χ0v) is 20.2. The van der Waals surface area contributed by atoms with Crippen LogP contribution in [0.4, 0.5) is 10.6 Å². The lowest BCUT2D eigenvalue weighted by atomic mass is 9.94. The summed E-state index contributed by atoms with van der Waals surface area (Å²) in [6, 6.07) is 10.3. The van der Waals surface area contributed by atoms with Crippen molar-refractivity contribution in [1.82, 2.24) is 5.32 Å². The molecule has 0 saturated carbocycles. The van der Waals surface area contributed by atoms with Gasteiger partial charge in [0.05, 0.1) is 25.1 Å². The fraction of sp³-hybridized carbons (Fsp3) is 0.440. The van der Waals surface area contributed by atoms with Crippen molar-refractivity contribution in [2.24, 2.45) is 5.92 Å². The molecule has 2 amide bonds. The van der Waals surface area contributed by atoms with Crippen molar-refractivity contribution in [3.63, 3.8) is 0 Å². The van der Waals surface area contributed by atoms with Crippen LogP contribution in [-0.4, -0.2) is 41.8 Å². The minimum Gasteiger partial charge on any atom is -0.711 e. The van der Waals surface area contributed by atoms with Gasteiger partial charge in [-0.3, -0.25) is 9.59 Å². The zero-order chi connectivity index (χ0) is 25.6. The summed E-state index contributed by atoms with van der Waals surface area (Å²) in [5.74, 6) is -1.13. The molecule has 1 aromatic carbocycles. The van der Waals surface area contributed by atoms with Crippen LogP contribution in [0, 0.1) is 11.1 Å².